The Hall–Kier alpha value is -2.98. The SMILES string of the molecule is CC1CCC2(CC1)NC(=O)N(NC(=O)COC(=O)c1csc(-c3ccc(Cl)cc3)n1)C2=O. The average Bonchev–Trinajstić information content (AvgIpc) is 3.35. The molecule has 1 aromatic carbocycles. The molecule has 0 radical (unpaired) electrons. The van der Waals surface area contributed by atoms with Crippen molar-refractivity contribution in [1.29, 1.82) is 0 Å². The van der Waals surface area contributed by atoms with Gasteiger partial charge in [-0.1, -0.05) is 30.7 Å². The van der Waals surface area contributed by atoms with Gasteiger partial charge in [0.1, 0.15) is 10.5 Å². The number of benzene rings is 1. The molecule has 1 saturated carbocycles. The Morgan fingerprint density at radius 1 is 1.28 bits per heavy atom. The van der Waals surface area contributed by atoms with Crippen molar-refractivity contribution in [2.45, 2.75) is 38.1 Å². The molecule has 4 amide bonds. The van der Waals surface area contributed by atoms with Gasteiger partial charge in [-0.3, -0.25) is 15.0 Å². The highest BCUT2D eigenvalue weighted by molar-refractivity contribution is 7.13. The molecule has 9 nitrogen and oxygen atoms in total. The Kier molecular flexibility index (Phi) is 6.16. The van der Waals surface area contributed by atoms with Crippen LogP contribution in [0, 0.1) is 5.92 Å². The lowest BCUT2D eigenvalue weighted by Gasteiger charge is -2.33. The molecule has 1 aliphatic heterocycles. The van der Waals surface area contributed by atoms with Crippen molar-refractivity contribution in [2.75, 3.05) is 6.61 Å². The number of carbonyl (C=O) groups is 4. The first-order valence-corrected chi connectivity index (χ1v) is 11.4. The van der Waals surface area contributed by atoms with Gasteiger partial charge in [0, 0.05) is 16.0 Å². The lowest BCUT2D eigenvalue weighted by atomic mass is 9.77. The van der Waals surface area contributed by atoms with E-state index in [0.717, 1.165) is 18.4 Å². The minimum Gasteiger partial charge on any atom is -0.451 e. The molecule has 1 saturated heterocycles. The summed E-state index contributed by atoms with van der Waals surface area (Å²) in [6, 6.07) is 6.31. The number of aromatic nitrogens is 1. The van der Waals surface area contributed by atoms with Crippen LogP contribution in [0.1, 0.15) is 43.1 Å². The van der Waals surface area contributed by atoms with Crippen LogP contribution in [0.2, 0.25) is 5.02 Å². The van der Waals surface area contributed by atoms with E-state index in [-0.39, 0.29) is 5.69 Å². The molecule has 1 spiro atoms. The van der Waals surface area contributed by atoms with Gasteiger partial charge >= 0.3 is 12.0 Å². The highest BCUT2D eigenvalue weighted by Gasteiger charge is 2.52. The van der Waals surface area contributed by atoms with E-state index in [4.69, 9.17) is 16.3 Å². The number of imide groups is 1. The summed E-state index contributed by atoms with van der Waals surface area (Å²) in [4.78, 5) is 53.7. The summed E-state index contributed by atoms with van der Waals surface area (Å²) < 4.78 is 4.99. The van der Waals surface area contributed by atoms with E-state index in [1.54, 1.807) is 24.3 Å². The zero-order valence-electron chi connectivity index (χ0n) is 17.2. The number of hydrogen-bond acceptors (Lipinski definition) is 7. The third kappa shape index (κ3) is 4.46. The number of halogens is 1. The summed E-state index contributed by atoms with van der Waals surface area (Å²) in [5.41, 5.74) is 2.11. The third-order valence-electron chi connectivity index (χ3n) is 5.66. The summed E-state index contributed by atoms with van der Waals surface area (Å²) in [5.74, 6) is -1.58. The highest BCUT2D eigenvalue weighted by atomic mass is 35.5. The lowest BCUT2D eigenvalue weighted by molar-refractivity contribution is -0.141. The Labute approximate surface area is 193 Å². The smallest absolute Gasteiger partial charge is 0.358 e. The summed E-state index contributed by atoms with van der Waals surface area (Å²) in [6.07, 6.45) is 2.69. The first-order chi connectivity index (χ1) is 15.3. The zero-order chi connectivity index (χ0) is 22.9. The van der Waals surface area contributed by atoms with Crippen molar-refractivity contribution in [3.8, 4) is 10.6 Å². The minimum absolute atomic E-state index is 0.0537. The highest BCUT2D eigenvalue weighted by Crippen LogP contribution is 2.35. The molecule has 2 aliphatic rings. The number of hydrazine groups is 1. The predicted molar refractivity (Wildman–Crippen MR) is 117 cm³/mol. The van der Waals surface area contributed by atoms with E-state index in [1.165, 1.54) is 16.7 Å². The van der Waals surface area contributed by atoms with E-state index in [2.05, 4.69) is 22.7 Å². The number of urea groups is 1. The monoisotopic (exact) mass is 476 g/mol. The minimum atomic E-state index is -0.966. The first-order valence-electron chi connectivity index (χ1n) is 10.1. The van der Waals surface area contributed by atoms with Crippen molar-refractivity contribution in [3.63, 3.8) is 0 Å². The van der Waals surface area contributed by atoms with Gasteiger partial charge in [-0.25, -0.2) is 14.6 Å². The van der Waals surface area contributed by atoms with E-state index in [0.29, 0.717) is 33.8 Å². The summed E-state index contributed by atoms with van der Waals surface area (Å²) >= 11 is 7.12. The Morgan fingerprint density at radius 3 is 2.66 bits per heavy atom. The number of amides is 4. The van der Waals surface area contributed by atoms with Crippen LogP contribution in [0.5, 0.6) is 0 Å². The van der Waals surface area contributed by atoms with Gasteiger partial charge < -0.3 is 10.1 Å². The molecular weight excluding hydrogens is 456 g/mol. The fraction of sp³-hybridized carbons (Fsp3) is 0.381. The van der Waals surface area contributed by atoms with Gasteiger partial charge in [-0.15, -0.1) is 11.3 Å². The van der Waals surface area contributed by atoms with Crippen LogP contribution in [-0.2, 0) is 14.3 Å². The van der Waals surface area contributed by atoms with Crippen LogP contribution >= 0.6 is 22.9 Å². The van der Waals surface area contributed by atoms with Crippen LogP contribution in [-0.4, -0.2) is 46.0 Å². The lowest BCUT2D eigenvalue weighted by Crippen LogP contribution is -2.52. The molecular formula is C21H21ClN4O5S. The van der Waals surface area contributed by atoms with Crippen molar-refractivity contribution in [2.24, 2.45) is 5.92 Å². The number of carbonyl (C=O) groups excluding carboxylic acids is 4. The number of thiazole rings is 1. The van der Waals surface area contributed by atoms with E-state index in [9.17, 15) is 19.2 Å². The number of esters is 1. The second-order valence-corrected chi connectivity index (χ2v) is 9.29. The maximum atomic E-state index is 12.8. The van der Waals surface area contributed by atoms with Gasteiger partial charge in [0.25, 0.3) is 11.8 Å². The molecule has 2 fully saturated rings. The number of nitrogens with one attached hydrogen (secondary N) is 2. The first kappa shape index (κ1) is 22.2. The molecule has 4 rings (SSSR count). The number of hydrogen-bond donors (Lipinski definition) is 2. The third-order valence-corrected chi connectivity index (χ3v) is 6.81. The van der Waals surface area contributed by atoms with Crippen molar-refractivity contribution < 1.29 is 23.9 Å². The van der Waals surface area contributed by atoms with Crippen LogP contribution in [0.3, 0.4) is 0 Å². The molecule has 1 aromatic heterocycles. The Balaban J connectivity index is 1.31. The largest absolute Gasteiger partial charge is 0.451 e. The van der Waals surface area contributed by atoms with Crippen LogP contribution in [0.15, 0.2) is 29.6 Å². The molecule has 2 aromatic rings. The van der Waals surface area contributed by atoms with Gasteiger partial charge in [-0.2, -0.15) is 5.01 Å². The second-order valence-electron chi connectivity index (χ2n) is 7.99. The fourth-order valence-corrected chi connectivity index (χ4v) is 4.69. The molecule has 0 unspecified atom stereocenters. The second kappa shape index (κ2) is 8.87. The predicted octanol–water partition coefficient (Wildman–Crippen LogP) is 3.15. The van der Waals surface area contributed by atoms with Gasteiger partial charge in [0.15, 0.2) is 12.3 Å². The maximum absolute atomic E-state index is 12.8. The standard InChI is InChI=1S/C21H21ClN4O5S/c1-12-6-8-21(9-7-12)19(29)26(20(30)24-21)25-16(27)10-31-18(28)15-11-32-17(23-15)13-2-4-14(22)5-3-13/h2-5,11-12H,6-10H2,1H3,(H,24,30)(H,25,27). The quantitative estimate of drug-likeness (QED) is 0.505. The molecule has 11 heteroatoms. The summed E-state index contributed by atoms with van der Waals surface area (Å²) in [7, 11) is 0. The number of ether oxygens (including phenoxy) is 1. The Morgan fingerprint density at radius 2 is 1.97 bits per heavy atom. The maximum Gasteiger partial charge on any atom is 0.358 e. The number of rotatable bonds is 5. The van der Waals surface area contributed by atoms with Gasteiger partial charge in [0.2, 0.25) is 0 Å². The molecule has 168 valence electrons. The molecule has 2 heterocycles. The number of nitrogens with zero attached hydrogens (tertiary/aromatic N) is 2. The van der Waals surface area contributed by atoms with Crippen LogP contribution in [0.4, 0.5) is 4.79 Å². The molecule has 0 bridgehead atoms. The van der Waals surface area contributed by atoms with E-state index >= 15 is 0 Å². The van der Waals surface area contributed by atoms with Crippen molar-refractivity contribution in [1.82, 2.24) is 20.7 Å². The molecule has 2 N–H and O–H groups in total. The molecule has 0 atom stereocenters. The van der Waals surface area contributed by atoms with Gasteiger partial charge in [0.05, 0.1) is 0 Å². The Bertz CT molecular complexity index is 1060. The summed E-state index contributed by atoms with van der Waals surface area (Å²) in [6.45, 7) is 1.44. The topological polar surface area (TPSA) is 118 Å². The van der Waals surface area contributed by atoms with Crippen LogP contribution < -0.4 is 10.7 Å². The van der Waals surface area contributed by atoms with Crippen LogP contribution in [0.25, 0.3) is 10.6 Å². The fourth-order valence-electron chi connectivity index (χ4n) is 3.77. The average molecular weight is 477 g/mol. The van der Waals surface area contributed by atoms with Crippen molar-refractivity contribution in [3.05, 3.63) is 40.4 Å². The molecule has 1 aliphatic carbocycles. The normalized spacial score (nSPS) is 22.7. The van der Waals surface area contributed by atoms with E-state index in [1.807, 2.05) is 0 Å². The van der Waals surface area contributed by atoms with Gasteiger partial charge in [-0.05, 0) is 43.7 Å². The van der Waals surface area contributed by atoms with E-state index < -0.39 is 36.0 Å². The summed E-state index contributed by atoms with van der Waals surface area (Å²) in [5, 5.41) is 6.09. The molecule has 32 heavy (non-hydrogen) atoms. The zero-order valence-corrected chi connectivity index (χ0v) is 18.8. The van der Waals surface area contributed by atoms with Crippen molar-refractivity contribution >= 4 is 46.8 Å².